The molecule has 2 aliphatic heterocycles. The van der Waals surface area contributed by atoms with Crippen LogP contribution in [0.25, 0.3) is 0 Å². The van der Waals surface area contributed by atoms with E-state index >= 15 is 0 Å². The number of hydrogen-bond donors (Lipinski definition) is 1. The number of nitrogens with one attached hydrogen (secondary N) is 1. The second-order valence-corrected chi connectivity index (χ2v) is 8.64. The van der Waals surface area contributed by atoms with Gasteiger partial charge in [-0.2, -0.15) is 13.2 Å². The van der Waals surface area contributed by atoms with Gasteiger partial charge in [0.05, 0.1) is 22.0 Å². The normalized spacial score (nSPS) is 18.8. The van der Waals surface area contributed by atoms with Crippen molar-refractivity contribution < 1.29 is 32.2 Å². The van der Waals surface area contributed by atoms with Crippen LogP contribution in [0.5, 0.6) is 11.5 Å². The van der Waals surface area contributed by atoms with Crippen LogP contribution in [0.1, 0.15) is 18.9 Å². The minimum absolute atomic E-state index is 0.0398. The SMILES string of the molecule is CCN1C(=O)C(CC(=O)Nc2cc(C(F)(F)F)ccc2Cl)SC1=Nc1ccc2c(c1)OCO2. The van der Waals surface area contributed by atoms with Gasteiger partial charge in [0.1, 0.15) is 5.25 Å². The summed E-state index contributed by atoms with van der Waals surface area (Å²) < 4.78 is 49.5. The highest BCUT2D eigenvalue weighted by molar-refractivity contribution is 8.15. The van der Waals surface area contributed by atoms with Gasteiger partial charge in [-0.15, -0.1) is 0 Å². The molecule has 2 heterocycles. The van der Waals surface area contributed by atoms with Gasteiger partial charge in [0.2, 0.25) is 18.6 Å². The molecule has 0 saturated carbocycles. The number of aliphatic imine (C=N–C) groups is 1. The molecule has 1 atom stereocenters. The number of ether oxygens (including phenoxy) is 2. The van der Waals surface area contributed by atoms with E-state index in [4.69, 9.17) is 21.1 Å². The quantitative estimate of drug-likeness (QED) is 0.621. The van der Waals surface area contributed by atoms with Crippen molar-refractivity contribution in [1.82, 2.24) is 4.90 Å². The number of fused-ring (bicyclic) bond motifs is 1. The fraction of sp³-hybridized carbons (Fsp3) is 0.286. The Kier molecular flexibility index (Phi) is 6.44. The largest absolute Gasteiger partial charge is 0.454 e. The third-order valence-corrected chi connectivity index (χ3v) is 6.36. The summed E-state index contributed by atoms with van der Waals surface area (Å²) in [6, 6.07) is 7.76. The highest BCUT2D eigenvalue weighted by Crippen LogP contribution is 2.38. The summed E-state index contributed by atoms with van der Waals surface area (Å²) in [5.74, 6) is 0.196. The lowest BCUT2D eigenvalue weighted by molar-refractivity contribution is -0.137. The molecule has 33 heavy (non-hydrogen) atoms. The van der Waals surface area contributed by atoms with Crippen molar-refractivity contribution in [2.75, 3.05) is 18.7 Å². The second-order valence-electron chi connectivity index (χ2n) is 7.07. The van der Waals surface area contributed by atoms with Gasteiger partial charge in [-0.25, -0.2) is 4.99 Å². The third-order valence-electron chi connectivity index (χ3n) is 4.86. The summed E-state index contributed by atoms with van der Waals surface area (Å²) in [6.07, 6.45) is -4.84. The number of alkyl halides is 3. The lowest BCUT2D eigenvalue weighted by Crippen LogP contribution is -2.33. The van der Waals surface area contributed by atoms with Gasteiger partial charge >= 0.3 is 6.18 Å². The molecule has 0 aromatic heterocycles. The number of hydrogen-bond acceptors (Lipinski definition) is 6. The molecule has 12 heteroatoms. The van der Waals surface area contributed by atoms with Crippen LogP contribution in [0.2, 0.25) is 5.02 Å². The topological polar surface area (TPSA) is 80.2 Å². The minimum Gasteiger partial charge on any atom is -0.454 e. The Balaban J connectivity index is 1.48. The third kappa shape index (κ3) is 5.03. The molecule has 0 spiro atoms. The highest BCUT2D eigenvalue weighted by atomic mass is 35.5. The number of amidine groups is 1. The Morgan fingerprint density at radius 2 is 2.00 bits per heavy atom. The second kappa shape index (κ2) is 9.14. The molecular formula is C21H17ClF3N3O4S. The molecule has 1 unspecified atom stereocenters. The van der Waals surface area contributed by atoms with Crippen LogP contribution in [0.4, 0.5) is 24.5 Å². The molecule has 0 bridgehead atoms. The standard InChI is InChI=1S/C21H17ClF3N3O4S/c1-2-28-19(30)17(33-20(28)26-12-4-6-15-16(8-12)32-10-31-15)9-18(29)27-14-7-11(21(23,24)25)3-5-13(14)22/h3-8,17H,2,9-10H2,1H3,(H,27,29). The average molecular weight is 500 g/mol. The smallest absolute Gasteiger partial charge is 0.416 e. The Morgan fingerprint density at radius 1 is 1.24 bits per heavy atom. The Labute approximate surface area is 195 Å². The lowest BCUT2D eigenvalue weighted by Gasteiger charge is -2.14. The number of benzene rings is 2. The van der Waals surface area contributed by atoms with E-state index in [0.29, 0.717) is 28.9 Å². The van der Waals surface area contributed by atoms with E-state index in [0.717, 1.165) is 30.0 Å². The summed E-state index contributed by atoms with van der Waals surface area (Å²) in [6.45, 7) is 2.24. The first-order valence-corrected chi connectivity index (χ1v) is 11.0. The van der Waals surface area contributed by atoms with E-state index in [9.17, 15) is 22.8 Å². The van der Waals surface area contributed by atoms with Crippen molar-refractivity contribution in [2.24, 2.45) is 4.99 Å². The van der Waals surface area contributed by atoms with Crippen molar-refractivity contribution in [3.05, 3.63) is 47.0 Å². The molecule has 1 saturated heterocycles. The van der Waals surface area contributed by atoms with Crippen molar-refractivity contribution >= 4 is 51.7 Å². The zero-order valence-corrected chi connectivity index (χ0v) is 18.7. The van der Waals surface area contributed by atoms with E-state index in [2.05, 4.69) is 10.3 Å². The molecular weight excluding hydrogens is 483 g/mol. The number of anilines is 1. The van der Waals surface area contributed by atoms with Gasteiger partial charge in [0.25, 0.3) is 0 Å². The van der Waals surface area contributed by atoms with E-state index < -0.39 is 22.9 Å². The van der Waals surface area contributed by atoms with Crippen LogP contribution in [-0.4, -0.2) is 40.5 Å². The van der Waals surface area contributed by atoms with Crippen LogP contribution in [-0.2, 0) is 15.8 Å². The van der Waals surface area contributed by atoms with E-state index in [-0.39, 0.29) is 29.8 Å². The number of carbonyl (C=O) groups excluding carboxylic acids is 2. The molecule has 4 rings (SSSR count). The average Bonchev–Trinajstić information content (AvgIpc) is 3.32. The lowest BCUT2D eigenvalue weighted by atomic mass is 10.2. The van der Waals surface area contributed by atoms with Gasteiger partial charge in [0.15, 0.2) is 16.7 Å². The van der Waals surface area contributed by atoms with E-state index in [1.54, 1.807) is 25.1 Å². The van der Waals surface area contributed by atoms with Crippen LogP contribution in [0, 0.1) is 0 Å². The van der Waals surface area contributed by atoms with Gasteiger partial charge < -0.3 is 14.8 Å². The highest BCUT2D eigenvalue weighted by Gasteiger charge is 2.38. The molecule has 0 radical (unpaired) electrons. The number of nitrogens with zero attached hydrogens (tertiary/aromatic N) is 2. The summed E-state index contributed by atoms with van der Waals surface area (Å²) >= 11 is 7.04. The van der Waals surface area contributed by atoms with Gasteiger partial charge in [-0.3, -0.25) is 14.5 Å². The first kappa shape index (κ1) is 23.2. The molecule has 1 N–H and O–H groups in total. The van der Waals surface area contributed by atoms with Crippen molar-refractivity contribution in [2.45, 2.75) is 24.8 Å². The Morgan fingerprint density at radius 3 is 2.73 bits per heavy atom. The van der Waals surface area contributed by atoms with E-state index in [1.807, 2.05) is 0 Å². The molecule has 2 aromatic carbocycles. The molecule has 0 aliphatic carbocycles. The molecule has 2 amide bonds. The molecule has 1 fully saturated rings. The minimum atomic E-state index is -4.58. The summed E-state index contributed by atoms with van der Waals surface area (Å²) in [4.78, 5) is 31.3. The fourth-order valence-electron chi connectivity index (χ4n) is 3.25. The van der Waals surface area contributed by atoms with Gasteiger partial charge in [0, 0.05) is 19.0 Å². The van der Waals surface area contributed by atoms with Crippen LogP contribution in [0.3, 0.4) is 0 Å². The van der Waals surface area contributed by atoms with Crippen LogP contribution >= 0.6 is 23.4 Å². The summed E-state index contributed by atoms with van der Waals surface area (Å²) in [5, 5.41) is 1.97. The Bertz CT molecular complexity index is 1140. The predicted molar refractivity (Wildman–Crippen MR) is 118 cm³/mol. The molecule has 2 aromatic rings. The maximum atomic E-state index is 13.0. The number of carbonyl (C=O) groups is 2. The van der Waals surface area contributed by atoms with Crippen molar-refractivity contribution in [3.63, 3.8) is 0 Å². The van der Waals surface area contributed by atoms with Crippen LogP contribution < -0.4 is 14.8 Å². The molecule has 7 nitrogen and oxygen atoms in total. The monoisotopic (exact) mass is 499 g/mol. The number of thioether (sulfide) groups is 1. The zero-order chi connectivity index (χ0) is 23.8. The van der Waals surface area contributed by atoms with E-state index in [1.165, 1.54) is 4.90 Å². The molecule has 2 aliphatic rings. The summed E-state index contributed by atoms with van der Waals surface area (Å²) in [7, 11) is 0. The van der Waals surface area contributed by atoms with Gasteiger partial charge in [-0.05, 0) is 37.3 Å². The fourth-order valence-corrected chi connectivity index (χ4v) is 4.63. The van der Waals surface area contributed by atoms with Crippen LogP contribution in [0.15, 0.2) is 41.4 Å². The number of halogens is 4. The maximum absolute atomic E-state index is 13.0. The van der Waals surface area contributed by atoms with Gasteiger partial charge in [-0.1, -0.05) is 23.4 Å². The Hall–Kier alpha value is -2.92. The number of rotatable bonds is 5. The predicted octanol–water partition coefficient (Wildman–Crippen LogP) is 5.07. The van der Waals surface area contributed by atoms with Crippen molar-refractivity contribution in [1.29, 1.82) is 0 Å². The number of amides is 2. The maximum Gasteiger partial charge on any atom is 0.416 e. The molecule has 174 valence electrons. The first-order valence-electron chi connectivity index (χ1n) is 9.78. The zero-order valence-electron chi connectivity index (χ0n) is 17.1. The first-order chi connectivity index (χ1) is 15.7. The van der Waals surface area contributed by atoms with Crippen molar-refractivity contribution in [3.8, 4) is 11.5 Å². The summed E-state index contributed by atoms with van der Waals surface area (Å²) in [5.41, 5.74) is -0.564.